The van der Waals surface area contributed by atoms with E-state index in [1.54, 1.807) is 18.3 Å². The van der Waals surface area contributed by atoms with Crippen molar-refractivity contribution in [2.24, 2.45) is 10.9 Å². The summed E-state index contributed by atoms with van der Waals surface area (Å²) in [7, 11) is 0. The third-order valence-corrected chi connectivity index (χ3v) is 11.9. The van der Waals surface area contributed by atoms with E-state index in [4.69, 9.17) is 28.2 Å². The summed E-state index contributed by atoms with van der Waals surface area (Å²) in [5.74, 6) is -1.28. The van der Waals surface area contributed by atoms with Crippen LogP contribution in [0, 0.1) is 11.7 Å². The number of benzene rings is 1. The average Bonchev–Trinajstić information content (AvgIpc) is 3.36. The van der Waals surface area contributed by atoms with Crippen molar-refractivity contribution in [1.29, 1.82) is 0 Å². The van der Waals surface area contributed by atoms with Crippen LogP contribution >= 0.6 is 35.0 Å². The predicted molar refractivity (Wildman–Crippen MR) is 180 cm³/mol. The van der Waals surface area contributed by atoms with Gasteiger partial charge in [0.25, 0.3) is 5.91 Å². The molecule has 4 aliphatic heterocycles. The van der Waals surface area contributed by atoms with Gasteiger partial charge in [-0.2, -0.15) is 0 Å². The number of rotatable bonds is 6. The van der Waals surface area contributed by atoms with Crippen LogP contribution in [-0.4, -0.2) is 80.1 Å². The van der Waals surface area contributed by atoms with Gasteiger partial charge in [-0.3, -0.25) is 9.59 Å². The lowest BCUT2D eigenvalue weighted by Gasteiger charge is -2.42. The fourth-order valence-corrected chi connectivity index (χ4v) is 9.21. The van der Waals surface area contributed by atoms with Gasteiger partial charge in [0.05, 0.1) is 17.6 Å². The standard InChI is InChI=1S/C34H38Cl2F2N6O2S/c1-5-22-15-40-34(10-11-34)17-43(22)30(45)25-13-21(37)16-42(25)31(46)28-27(18(2)3)44-29(19-6-8-23(35)24(38)12-19)33(4,41-32(44)47-28)20-7-9-26(36)39-14-20/h6-9,12,14,18,21-22,25,29,40H,5,10-11,13,15-17H2,1-4H3/t21-,22+,25-,29-,33+/m1/s1. The number of likely N-dealkylation sites (tertiary alicyclic amines) is 1. The Morgan fingerprint density at radius 2 is 1.94 bits per heavy atom. The van der Waals surface area contributed by atoms with Crippen molar-refractivity contribution >= 4 is 51.9 Å². The van der Waals surface area contributed by atoms with Gasteiger partial charge >= 0.3 is 0 Å². The maximum absolute atomic E-state index is 15.2. The maximum atomic E-state index is 15.2. The Hall–Kier alpha value is -2.73. The third kappa shape index (κ3) is 5.55. The number of aromatic nitrogens is 1. The van der Waals surface area contributed by atoms with Crippen LogP contribution in [0.5, 0.6) is 0 Å². The van der Waals surface area contributed by atoms with Crippen molar-refractivity contribution in [3.63, 3.8) is 0 Å². The van der Waals surface area contributed by atoms with E-state index in [9.17, 15) is 14.0 Å². The molecule has 5 aliphatic rings. The second-order valence-electron chi connectivity index (χ2n) is 13.8. The van der Waals surface area contributed by atoms with Gasteiger partial charge in [-0.25, -0.2) is 18.8 Å². The molecule has 7 rings (SSSR count). The number of carbonyl (C=O) groups is 2. The molecule has 13 heteroatoms. The summed E-state index contributed by atoms with van der Waals surface area (Å²) in [4.78, 5) is 43.9. The molecule has 250 valence electrons. The molecule has 47 heavy (non-hydrogen) atoms. The lowest BCUT2D eigenvalue weighted by atomic mass is 9.81. The van der Waals surface area contributed by atoms with Gasteiger partial charge in [0.15, 0.2) is 5.17 Å². The summed E-state index contributed by atoms with van der Waals surface area (Å²) in [5, 5.41) is 4.50. The second kappa shape index (κ2) is 12.0. The zero-order valence-electron chi connectivity index (χ0n) is 26.8. The van der Waals surface area contributed by atoms with Gasteiger partial charge in [0, 0.05) is 48.5 Å². The molecule has 2 saturated heterocycles. The minimum atomic E-state index is -1.30. The Bertz CT molecular complexity index is 1680. The highest BCUT2D eigenvalue weighted by Crippen LogP contribution is 2.56. The largest absolute Gasteiger partial charge is 0.335 e. The lowest BCUT2D eigenvalue weighted by molar-refractivity contribution is -0.145. The number of amidine groups is 1. The Morgan fingerprint density at radius 3 is 2.57 bits per heavy atom. The molecule has 5 heterocycles. The van der Waals surface area contributed by atoms with E-state index < -0.39 is 29.6 Å². The number of allylic oxidation sites excluding steroid dienone is 1. The summed E-state index contributed by atoms with van der Waals surface area (Å²) >= 11 is 13.4. The average molecular weight is 704 g/mol. The molecule has 1 aromatic carbocycles. The SMILES string of the molecule is CC[C@H]1CNC2(CC2)CN1C(=O)[C@H]1C[C@@H](F)CN1C(=O)C1=C(C(C)C)N2C(=N[C@@](C)(c3ccc(Cl)nc3)[C@H]2c2ccc(Cl)c(F)c2)S1. The maximum Gasteiger partial charge on any atom is 0.263 e. The monoisotopic (exact) mass is 702 g/mol. The van der Waals surface area contributed by atoms with Gasteiger partial charge in [-0.1, -0.05) is 56.1 Å². The molecular formula is C34H38Cl2F2N6O2S. The summed E-state index contributed by atoms with van der Waals surface area (Å²) in [6.45, 7) is 9.10. The fraction of sp³-hybridized carbons (Fsp3) is 0.529. The van der Waals surface area contributed by atoms with E-state index in [0.717, 1.165) is 24.8 Å². The number of nitrogens with one attached hydrogen (secondary N) is 1. The Labute approximate surface area is 287 Å². The van der Waals surface area contributed by atoms with Crippen LogP contribution in [-0.2, 0) is 15.1 Å². The van der Waals surface area contributed by atoms with E-state index in [0.29, 0.717) is 39.6 Å². The zero-order chi connectivity index (χ0) is 33.4. The van der Waals surface area contributed by atoms with Crippen molar-refractivity contribution < 1.29 is 18.4 Å². The highest BCUT2D eigenvalue weighted by molar-refractivity contribution is 8.18. The quantitative estimate of drug-likeness (QED) is 0.349. The number of fused-ring (bicyclic) bond motifs is 1. The Balaban J connectivity index is 1.26. The molecule has 2 aromatic rings. The number of carbonyl (C=O) groups excluding carboxylic acids is 2. The van der Waals surface area contributed by atoms with Crippen molar-refractivity contribution in [2.75, 3.05) is 19.6 Å². The summed E-state index contributed by atoms with van der Waals surface area (Å²) < 4.78 is 30.2. The first kappa shape index (κ1) is 32.8. The van der Waals surface area contributed by atoms with Gasteiger partial charge in [0.2, 0.25) is 5.91 Å². The Morgan fingerprint density at radius 1 is 1.17 bits per heavy atom. The van der Waals surface area contributed by atoms with E-state index in [2.05, 4.69) is 10.3 Å². The lowest BCUT2D eigenvalue weighted by Crippen LogP contribution is -2.62. The first-order chi connectivity index (χ1) is 22.4. The first-order valence-corrected chi connectivity index (χ1v) is 17.8. The smallest absolute Gasteiger partial charge is 0.263 e. The van der Waals surface area contributed by atoms with E-state index in [1.807, 2.05) is 43.6 Å². The van der Waals surface area contributed by atoms with E-state index >= 15 is 4.39 Å². The van der Waals surface area contributed by atoms with E-state index in [1.165, 1.54) is 28.8 Å². The molecule has 0 bridgehead atoms. The molecule has 3 fully saturated rings. The first-order valence-electron chi connectivity index (χ1n) is 16.2. The molecule has 1 aliphatic carbocycles. The van der Waals surface area contributed by atoms with Crippen LogP contribution in [0.1, 0.15) is 70.5 Å². The molecule has 5 atom stereocenters. The minimum absolute atomic E-state index is 0.00182. The van der Waals surface area contributed by atoms with Crippen LogP contribution in [0.25, 0.3) is 0 Å². The number of pyridine rings is 1. The molecule has 1 saturated carbocycles. The number of piperazine rings is 1. The molecule has 8 nitrogen and oxygen atoms in total. The Kier molecular flexibility index (Phi) is 8.37. The van der Waals surface area contributed by atoms with Crippen molar-refractivity contribution in [1.82, 2.24) is 25.0 Å². The van der Waals surface area contributed by atoms with Gasteiger partial charge < -0.3 is 20.0 Å². The second-order valence-corrected chi connectivity index (χ2v) is 15.6. The summed E-state index contributed by atoms with van der Waals surface area (Å²) in [6.07, 6.45) is 3.13. The van der Waals surface area contributed by atoms with E-state index in [-0.39, 0.29) is 47.3 Å². The number of aliphatic imine (C=N–C) groups is 1. The summed E-state index contributed by atoms with van der Waals surface area (Å²) in [6, 6.07) is 6.79. The molecule has 1 N–H and O–H groups in total. The number of halogens is 4. The van der Waals surface area contributed by atoms with Crippen LogP contribution in [0.3, 0.4) is 0 Å². The third-order valence-electron chi connectivity index (χ3n) is 10.4. The van der Waals surface area contributed by atoms with Crippen LogP contribution in [0.4, 0.5) is 8.78 Å². The predicted octanol–water partition coefficient (Wildman–Crippen LogP) is 6.45. The molecule has 2 amide bonds. The van der Waals surface area contributed by atoms with Crippen molar-refractivity contribution in [2.45, 2.75) is 88.8 Å². The molecular weight excluding hydrogens is 665 g/mol. The molecule has 1 spiro atoms. The number of hydrogen-bond donors (Lipinski definition) is 1. The van der Waals surface area contributed by atoms with Crippen LogP contribution in [0.15, 0.2) is 52.1 Å². The number of hydrogen-bond acceptors (Lipinski definition) is 7. The number of amides is 2. The highest BCUT2D eigenvalue weighted by atomic mass is 35.5. The van der Waals surface area contributed by atoms with Crippen molar-refractivity contribution in [3.05, 3.63) is 74.3 Å². The normalized spacial score (nSPS) is 29.6. The molecule has 1 aromatic heterocycles. The molecule has 0 unspecified atom stereocenters. The number of thioether (sulfide) groups is 1. The van der Waals surface area contributed by atoms with Gasteiger partial charge in [0.1, 0.15) is 33.6 Å². The minimum Gasteiger partial charge on any atom is -0.335 e. The van der Waals surface area contributed by atoms with Crippen LogP contribution < -0.4 is 5.32 Å². The fourth-order valence-electron chi connectivity index (χ4n) is 7.62. The van der Waals surface area contributed by atoms with Gasteiger partial charge in [-0.15, -0.1) is 0 Å². The molecule has 0 radical (unpaired) electrons. The number of nitrogens with zero attached hydrogens (tertiary/aromatic N) is 5. The van der Waals surface area contributed by atoms with Gasteiger partial charge in [-0.05, 0) is 67.6 Å². The zero-order valence-corrected chi connectivity index (χ0v) is 29.1. The topological polar surface area (TPSA) is 81.1 Å². The summed E-state index contributed by atoms with van der Waals surface area (Å²) in [5.41, 5.74) is 1.10. The number of alkyl halides is 1. The highest BCUT2D eigenvalue weighted by Gasteiger charge is 2.56. The van der Waals surface area contributed by atoms with Crippen molar-refractivity contribution in [3.8, 4) is 0 Å². The van der Waals surface area contributed by atoms with Crippen LogP contribution in [0.2, 0.25) is 10.2 Å².